The van der Waals surface area contributed by atoms with Crippen molar-refractivity contribution in [2.45, 2.75) is 45.9 Å². The van der Waals surface area contributed by atoms with Crippen LogP contribution in [0.3, 0.4) is 0 Å². The average molecular weight is 269 g/mol. The molecule has 2 N–H and O–H groups in total. The third-order valence-corrected chi connectivity index (χ3v) is 2.40. The molecule has 0 aliphatic heterocycles. The molecule has 0 heterocycles. The Balaban J connectivity index is 2.99. The number of halogens is 1. The largest absolute Gasteiger partial charge is 0.488 e. The van der Waals surface area contributed by atoms with E-state index in [0.29, 0.717) is 5.56 Å². The SMILES string of the molecule is CC(C)NC(C(=O)O)c1ccc(OC(C)C)c(F)c1. The molecule has 1 atom stereocenters. The highest BCUT2D eigenvalue weighted by Crippen LogP contribution is 2.23. The van der Waals surface area contributed by atoms with Crippen LogP contribution in [0.4, 0.5) is 4.39 Å². The van der Waals surface area contributed by atoms with E-state index in [9.17, 15) is 9.18 Å². The molecule has 5 heteroatoms. The van der Waals surface area contributed by atoms with Gasteiger partial charge in [0.05, 0.1) is 6.10 Å². The first-order chi connectivity index (χ1) is 8.81. The zero-order valence-electron chi connectivity index (χ0n) is 11.6. The van der Waals surface area contributed by atoms with E-state index in [4.69, 9.17) is 9.84 Å². The Morgan fingerprint density at radius 3 is 2.37 bits per heavy atom. The van der Waals surface area contributed by atoms with Crippen LogP contribution in [0.1, 0.15) is 39.3 Å². The molecular formula is C14H20FNO3. The fourth-order valence-corrected chi connectivity index (χ4v) is 1.69. The molecule has 0 aromatic heterocycles. The zero-order valence-corrected chi connectivity index (χ0v) is 11.6. The molecule has 1 aromatic rings. The second-order valence-corrected chi connectivity index (χ2v) is 4.95. The topological polar surface area (TPSA) is 58.6 Å². The highest BCUT2D eigenvalue weighted by atomic mass is 19.1. The Morgan fingerprint density at radius 2 is 1.95 bits per heavy atom. The summed E-state index contributed by atoms with van der Waals surface area (Å²) in [4.78, 5) is 11.2. The van der Waals surface area contributed by atoms with Gasteiger partial charge in [-0.2, -0.15) is 0 Å². The molecular weight excluding hydrogens is 249 g/mol. The van der Waals surface area contributed by atoms with Crippen molar-refractivity contribution in [3.8, 4) is 5.75 Å². The van der Waals surface area contributed by atoms with E-state index in [1.165, 1.54) is 12.1 Å². The summed E-state index contributed by atoms with van der Waals surface area (Å²) in [6.45, 7) is 7.27. The molecule has 0 saturated carbocycles. The van der Waals surface area contributed by atoms with Gasteiger partial charge >= 0.3 is 5.97 Å². The molecule has 0 spiro atoms. The number of carbonyl (C=O) groups is 1. The lowest BCUT2D eigenvalue weighted by molar-refractivity contribution is -0.139. The first-order valence-electron chi connectivity index (χ1n) is 6.26. The van der Waals surface area contributed by atoms with Gasteiger partial charge < -0.3 is 9.84 Å². The second-order valence-electron chi connectivity index (χ2n) is 4.95. The third-order valence-electron chi connectivity index (χ3n) is 2.40. The molecule has 1 unspecified atom stereocenters. The normalized spacial score (nSPS) is 12.8. The van der Waals surface area contributed by atoms with Crippen LogP contribution in [-0.2, 0) is 4.79 Å². The first-order valence-corrected chi connectivity index (χ1v) is 6.26. The van der Waals surface area contributed by atoms with E-state index in [0.717, 1.165) is 0 Å². The minimum atomic E-state index is -1.04. The zero-order chi connectivity index (χ0) is 14.6. The van der Waals surface area contributed by atoms with Crippen molar-refractivity contribution in [3.05, 3.63) is 29.6 Å². The van der Waals surface area contributed by atoms with Crippen LogP contribution in [0.5, 0.6) is 5.75 Å². The van der Waals surface area contributed by atoms with Gasteiger partial charge in [-0.15, -0.1) is 0 Å². The van der Waals surface area contributed by atoms with Gasteiger partial charge in [-0.25, -0.2) is 4.39 Å². The van der Waals surface area contributed by atoms with Crippen LogP contribution in [-0.4, -0.2) is 23.2 Å². The quantitative estimate of drug-likeness (QED) is 0.833. The van der Waals surface area contributed by atoms with Crippen LogP contribution in [0, 0.1) is 5.82 Å². The fraction of sp³-hybridized carbons (Fsp3) is 0.500. The van der Waals surface area contributed by atoms with Crippen molar-refractivity contribution >= 4 is 5.97 Å². The summed E-state index contributed by atoms with van der Waals surface area (Å²) in [6.07, 6.45) is -0.135. The third kappa shape index (κ3) is 4.52. The predicted octanol–water partition coefficient (Wildman–Crippen LogP) is 2.74. The Labute approximate surface area is 112 Å². The molecule has 1 rings (SSSR count). The maximum atomic E-state index is 13.8. The lowest BCUT2D eigenvalue weighted by Gasteiger charge is -2.18. The monoisotopic (exact) mass is 269 g/mol. The smallest absolute Gasteiger partial charge is 0.325 e. The summed E-state index contributed by atoms with van der Waals surface area (Å²) < 4.78 is 19.1. The Bertz CT molecular complexity index is 446. The number of hydrogen-bond donors (Lipinski definition) is 2. The van der Waals surface area contributed by atoms with E-state index in [-0.39, 0.29) is 17.9 Å². The maximum Gasteiger partial charge on any atom is 0.325 e. The van der Waals surface area contributed by atoms with Crippen molar-refractivity contribution in [2.24, 2.45) is 0 Å². The molecule has 0 aliphatic rings. The Hall–Kier alpha value is -1.62. The molecule has 0 aliphatic carbocycles. The van der Waals surface area contributed by atoms with Gasteiger partial charge in [0.25, 0.3) is 0 Å². The molecule has 0 amide bonds. The van der Waals surface area contributed by atoms with E-state index >= 15 is 0 Å². The number of ether oxygens (including phenoxy) is 1. The molecule has 106 valence electrons. The van der Waals surface area contributed by atoms with Gasteiger partial charge in [-0.05, 0) is 45.4 Å². The average Bonchev–Trinajstić information content (AvgIpc) is 2.27. The number of carboxylic acid groups (broad SMARTS) is 1. The van der Waals surface area contributed by atoms with Crippen LogP contribution < -0.4 is 10.1 Å². The highest BCUT2D eigenvalue weighted by molar-refractivity contribution is 5.75. The van der Waals surface area contributed by atoms with Gasteiger partial charge in [0.1, 0.15) is 6.04 Å². The van der Waals surface area contributed by atoms with E-state index in [2.05, 4.69) is 5.32 Å². The minimum absolute atomic E-state index is 0.0178. The number of carboxylic acids is 1. The number of aliphatic carboxylic acids is 1. The second kappa shape index (κ2) is 6.52. The van der Waals surface area contributed by atoms with Gasteiger partial charge in [-0.1, -0.05) is 6.07 Å². The van der Waals surface area contributed by atoms with Gasteiger partial charge in [0.15, 0.2) is 11.6 Å². The highest BCUT2D eigenvalue weighted by Gasteiger charge is 2.21. The molecule has 1 aromatic carbocycles. The summed E-state index contributed by atoms with van der Waals surface area (Å²) in [5.74, 6) is -1.46. The molecule has 0 bridgehead atoms. The number of rotatable bonds is 6. The van der Waals surface area contributed by atoms with Crippen molar-refractivity contribution < 1.29 is 19.0 Å². The molecule has 0 radical (unpaired) electrons. The summed E-state index contributed by atoms with van der Waals surface area (Å²) >= 11 is 0. The van der Waals surface area contributed by atoms with Gasteiger partial charge in [-0.3, -0.25) is 10.1 Å². The molecule has 4 nitrogen and oxygen atoms in total. The Morgan fingerprint density at radius 1 is 1.32 bits per heavy atom. The van der Waals surface area contributed by atoms with Crippen molar-refractivity contribution in [2.75, 3.05) is 0 Å². The lowest BCUT2D eigenvalue weighted by Crippen LogP contribution is -2.33. The van der Waals surface area contributed by atoms with Crippen molar-refractivity contribution in [3.63, 3.8) is 0 Å². The van der Waals surface area contributed by atoms with E-state index in [1.807, 2.05) is 13.8 Å². The summed E-state index contributed by atoms with van der Waals surface area (Å²) in [5.41, 5.74) is 0.370. The number of benzene rings is 1. The molecule has 19 heavy (non-hydrogen) atoms. The molecule has 0 saturated heterocycles. The number of nitrogens with one attached hydrogen (secondary N) is 1. The fourth-order valence-electron chi connectivity index (χ4n) is 1.69. The van der Waals surface area contributed by atoms with E-state index < -0.39 is 17.8 Å². The minimum Gasteiger partial charge on any atom is -0.488 e. The van der Waals surface area contributed by atoms with E-state index in [1.54, 1.807) is 19.9 Å². The molecule has 0 fully saturated rings. The standard InChI is InChI=1S/C14H20FNO3/c1-8(2)16-13(14(17)18)10-5-6-12(11(15)7-10)19-9(3)4/h5-9,13,16H,1-4H3,(H,17,18). The van der Waals surface area contributed by atoms with Crippen LogP contribution in [0.2, 0.25) is 0 Å². The predicted molar refractivity (Wildman–Crippen MR) is 70.8 cm³/mol. The first kappa shape index (κ1) is 15.4. The summed E-state index contributed by atoms with van der Waals surface area (Å²) in [6, 6.07) is 3.28. The van der Waals surface area contributed by atoms with Crippen LogP contribution >= 0.6 is 0 Å². The van der Waals surface area contributed by atoms with Gasteiger partial charge in [0.2, 0.25) is 0 Å². The van der Waals surface area contributed by atoms with Crippen LogP contribution in [0.15, 0.2) is 18.2 Å². The van der Waals surface area contributed by atoms with Crippen LogP contribution in [0.25, 0.3) is 0 Å². The Kier molecular flexibility index (Phi) is 5.30. The number of hydrogen-bond acceptors (Lipinski definition) is 3. The summed E-state index contributed by atoms with van der Waals surface area (Å²) in [7, 11) is 0. The van der Waals surface area contributed by atoms with Gasteiger partial charge in [0, 0.05) is 6.04 Å². The maximum absolute atomic E-state index is 13.8. The van der Waals surface area contributed by atoms with Crippen molar-refractivity contribution in [1.29, 1.82) is 0 Å². The summed E-state index contributed by atoms with van der Waals surface area (Å²) in [5, 5.41) is 12.0. The van der Waals surface area contributed by atoms with Crippen molar-refractivity contribution in [1.82, 2.24) is 5.32 Å². The lowest BCUT2D eigenvalue weighted by atomic mass is 10.1.